The Morgan fingerprint density at radius 1 is 1.21 bits per heavy atom. The molecule has 0 heterocycles. The van der Waals surface area contributed by atoms with Gasteiger partial charge in [0.15, 0.2) is 0 Å². The van der Waals surface area contributed by atoms with Crippen molar-refractivity contribution in [3.8, 4) is 0 Å². The molecule has 2 amide bonds. The minimum atomic E-state index is -0.165. The van der Waals surface area contributed by atoms with E-state index in [1.165, 1.54) is 52.5 Å². The lowest BCUT2D eigenvalue weighted by atomic mass is 9.81. The van der Waals surface area contributed by atoms with Crippen LogP contribution >= 0.6 is 20.5 Å². The van der Waals surface area contributed by atoms with E-state index in [1.54, 1.807) is 7.05 Å². The van der Waals surface area contributed by atoms with Crippen LogP contribution in [0.15, 0.2) is 17.4 Å². The minimum absolute atomic E-state index is 0.165. The molecule has 0 aliphatic heterocycles. The maximum atomic E-state index is 12.4. The van der Waals surface area contributed by atoms with Gasteiger partial charge in [0.05, 0.1) is 0 Å². The van der Waals surface area contributed by atoms with Gasteiger partial charge in [-0.15, -0.1) is 0 Å². The van der Waals surface area contributed by atoms with Crippen molar-refractivity contribution >= 4 is 50.3 Å². The third-order valence-electron chi connectivity index (χ3n) is 4.85. The number of rotatable bonds is 3. The van der Waals surface area contributed by atoms with E-state index in [0.29, 0.717) is 8.58 Å². The number of amides is 2. The van der Waals surface area contributed by atoms with E-state index in [0.717, 1.165) is 36.2 Å². The number of carbonyl (C=O) groups excluding carboxylic acids is 1. The molecule has 0 saturated carbocycles. The Kier molecular flexibility index (Phi) is 5.67. The average molecular weight is 359 g/mol. The third-order valence-corrected chi connectivity index (χ3v) is 6.85. The summed E-state index contributed by atoms with van der Waals surface area (Å²) < 4.78 is 2.86. The van der Waals surface area contributed by atoms with Gasteiger partial charge in [-0.3, -0.25) is 9.71 Å². The Morgan fingerprint density at radius 2 is 1.79 bits per heavy atom. The van der Waals surface area contributed by atoms with E-state index in [4.69, 9.17) is 0 Å². The topological polar surface area (TPSA) is 53.5 Å². The number of anilines is 1. The second-order valence-electron chi connectivity index (χ2n) is 6.16. The fraction of sp³-hybridized carbons (Fsp3) is 0.412. The molecule has 126 valence electrons. The molecule has 2 N–H and O–H groups in total. The highest BCUT2D eigenvalue weighted by molar-refractivity contribution is 8.22. The quantitative estimate of drug-likeness (QED) is 0.287. The normalized spacial score (nSPS) is 16.3. The molecule has 1 atom stereocenters. The number of hydrogen-bond acceptors (Lipinski definition) is 3. The first kappa shape index (κ1) is 17.6. The number of nitrogens with zero attached hydrogens (tertiary/aromatic N) is 1. The molecule has 0 fully saturated rings. The van der Waals surface area contributed by atoms with Gasteiger partial charge in [0.1, 0.15) is 12.6 Å². The molecule has 24 heavy (non-hydrogen) atoms. The lowest BCUT2D eigenvalue weighted by Crippen LogP contribution is -2.27. The fourth-order valence-electron chi connectivity index (χ4n) is 3.84. The summed E-state index contributed by atoms with van der Waals surface area (Å²) in [5.41, 5.74) is 8.24. The zero-order valence-electron chi connectivity index (χ0n) is 14.3. The van der Waals surface area contributed by atoms with Gasteiger partial charge < -0.3 is 5.32 Å². The van der Waals surface area contributed by atoms with Crippen LogP contribution in [0, 0.1) is 0 Å². The Labute approximate surface area is 150 Å². The van der Waals surface area contributed by atoms with E-state index in [1.807, 2.05) is 5.82 Å². The maximum Gasteiger partial charge on any atom is 0.329 e. The number of urea groups is 1. The van der Waals surface area contributed by atoms with Crippen LogP contribution in [0.3, 0.4) is 0 Å². The van der Waals surface area contributed by atoms with Crippen LogP contribution < -0.4 is 15.5 Å². The van der Waals surface area contributed by atoms with Crippen LogP contribution in [-0.4, -0.2) is 25.7 Å². The lowest BCUT2D eigenvalue weighted by molar-refractivity contribution is 0.257. The van der Waals surface area contributed by atoms with Gasteiger partial charge in [-0.05, 0) is 69.4 Å². The second kappa shape index (κ2) is 7.75. The lowest BCUT2D eigenvalue weighted by Gasteiger charge is -2.19. The van der Waals surface area contributed by atoms with Gasteiger partial charge in [-0.2, -0.15) is 0 Å². The molecule has 1 aromatic rings. The van der Waals surface area contributed by atoms with E-state index in [2.05, 4.69) is 29.5 Å². The van der Waals surface area contributed by atoms with Gasteiger partial charge >= 0.3 is 6.03 Å². The number of aliphatic imine (C=N–C) groups is 1. The first-order valence-corrected chi connectivity index (χ1v) is 10.3. The van der Waals surface area contributed by atoms with E-state index in [9.17, 15) is 4.79 Å². The van der Waals surface area contributed by atoms with Gasteiger partial charge in [0.2, 0.25) is 0 Å². The van der Waals surface area contributed by atoms with E-state index >= 15 is 0 Å². The van der Waals surface area contributed by atoms with Crippen molar-refractivity contribution < 1.29 is 4.79 Å². The predicted molar refractivity (Wildman–Crippen MR) is 110 cm³/mol. The summed E-state index contributed by atoms with van der Waals surface area (Å²) in [5.74, 6) is 1.81. The molecular formula is C17H23BN3OPS. The van der Waals surface area contributed by atoms with Crippen molar-refractivity contribution in [3.63, 3.8) is 0 Å². The summed E-state index contributed by atoms with van der Waals surface area (Å²) in [5, 5.41) is 3.14. The molecule has 2 aliphatic carbocycles. The van der Waals surface area contributed by atoms with E-state index in [-0.39, 0.29) is 6.03 Å². The van der Waals surface area contributed by atoms with Gasteiger partial charge in [-0.1, -0.05) is 17.9 Å². The number of benzene rings is 1. The summed E-state index contributed by atoms with van der Waals surface area (Å²) in [7, 11) is 4.41. The first-order chi connectivity index (χ1) is 11.7. The van der Waals surface area contributed by atoms with Gasteiger partial charge in [-0.25, -0.2) is 4.79 Å². The van der Waals surface area contributed by atoms with Crippen molar-refractivity contribution in [1.29, 1.82) is 0 Å². The number of carbonyl (C=O) groups is 1. The highest BCUT2D eigenvalue weighted by atomic mass is 32.2. The molecule has 0 radical (unpaired) electrons. The molecule has 1 aromatic carbocycles. The summed E-state index contributed by atoms with van der Waals surface area (Å²) >= 11 is 1.27. The molecule has 4 nitrogen and oxygen atoms in total. The smallest absolute Gasteiger partial charge is 0.307 e. The predicted octanol–water partition coefficient (Wildman–Crippen LogP) is 2.50. The summed E-state index contributed by atoms with van der Waals surface area (Å²) in [4.78, 5) is 17.4. The first-order valence-electron chi connectivity index (χ1n) is 8.39. The monoisotopic (exact) mass is 359 g/mol. The van der Waals surface area contributed by atoms with Gasteiger partial charge in [0, 0.05) is 24.7 Å². The molecule has 0 bridgehead atoms. The van der Waals surface area contributed by atoms with Gasteiger partial charge in [0.25, 0.3) is 0 Å². The van der Waals surface area contributed by atoms with Crippen molar-refractivity contribution in [3.05, 3.63) is 34.6 Å². The molecule has 2 aliphatic rings. The summed E-state index contributed by atoms with van der Waals surface area (Å²) in [6.07, 6.45) is 6.82. The fourth-order valence-corrected chi connectivity index (χ4v) is 5.12. The summed E-state index contributed by atoms with van der Waals surface area (Å²) in [6, 6.07) is -0.165. The molecule has 0 spiro atoms. The zero-order chi connectivity index (χ0) is 17.1. The maximum absolute atomic E-state index is 12.4. The SMILES string of the molecule is Bc1c2c(c(NC(=O)NS/C(=N/C)PC=C)c3c1CCC3)CCC2. The largest absolute Gasteiger partial charge is 0.329 e. The standard InChI is InChI=1S/C17H23BN3OPS/c1-3-23-17(19-2)24-21-16(22)20-15-12-8-4-6-10(12)14(18)11-7-5-9-13(11)15/h3,23H,1,4-9,18H2,2H3,(H2,20,21,22)/b19-17+. The van der Waals surface area contributed by atoms with Crippen molar-refractivity contribution in [2.75, 3.05) is 12.4 Å². The van der Waals surface area contributed by atoms with Crippen LogP contribution in [0.2, 0.25) is 0 Å². The zero-order valence-corrected chi connectivity index (χ0v) is 16.1. The molecule has 1 unspecified atom stereocenters. The Hall–Kier alpha value is -1.26. The van der Waals surface area contributed by atoms with Crippen molar-refractivity contribution in [2.45, 2.75) is 38.5 Å². The van der Waals surface area contributed by atoms with Crippen molar-refractivity contribution in [1.82, 2.24) is 4.72 Å². The second-order valence-corrected chi connectivity index (χ2v) is 8.48. The Morgan fingerprint density at radius 3 is 2.33 bits per heavy atom. The van der Waals surface area contributed by atoms with Crippen LogP contribution in [0.25, 0.3) is 0 Å². The molecule has 0 saturated heterocycles. The highest BCUT2D eigenvalue weighted by Gasteiger charge is 2.27. The van der Waals surface area contributed by atoms with Crippen LogP contribution in [0.4, 0.5) is 10.5 Å². The number of fused-ring (bicyclic) bond motifs is 2. The molecule has 0 aromatic heterocycles. The van der Waals surface area contributed by atoms with E-state index < -0.39 is 0 Å². The minimum Gasteiger partial charge on any atom is -0.307 e. The molecule has 3 rings (SSSR count). The Balaban J connectivity index is 1.78. The molecular weight excluding hydrogens is 336 g/mol. The summed E-state index contributed by atoms with van der Waals surface area (Å²) in [6.45, 7) is 3.72. The average Bonchev–Trinajstić information content (AvgIpc) is 3.24. The van der Waals surface area contributed by atoms with Crippen LogP contribution in [0.1, 0.15) is 35.1 Å². The molecule has 7 heteroatoms. The Bertz CT molecular complexity index is 685. The van der Waals surface area contributed by atoms with Crippen LogP contribution in [-0.2, 0) is 25.7 Å². The third kappa shape index (κ3) is 3.40. The number of nitrogens with one attached hydrogen (secondary N) is 2. The number of hydrogen-bond donors (Lipinski definition) is 2. The van der Waals surface area contributed by atoms with Crippen molar-refractivity contribution in [2.24, 2.45) is 4.99 Å². The van der Waals surface area contributed by atoms with Crippen LogP contribution in [0.5, 0.6) is 0 Å². The highest BCUT2D eigenvalue weighted by Crippen LogP contribution is 2.37.